The minimum absolute atomic E-state index is 0.128. The maximum atomic E-state index is 13.5. The summed E-state index contributed by atoms with van der Waals surface area (Å²) in [6.45, 7) is 10.3. The second-order valence-electron chi connectivity index (χ2n) is 8.55. The molecule has 1 fully saturated rings. The first kappa shape index (κ1) is 18.7. The van der Waals surface area contributed by atoms with E-state index in [4.69, 9.17) is 4.98 Å². The Morgan fingerprint density at radius 1 is 1.00 bits per heavy atom. The summed E-state index contributed by atoms with van der Waals surface area (Å²) in [5.74, 6) is 1.21. The molecule has 1 aliphatic heterocycles. The van der Waals surface area contributed by atoms with E-state index in [-0.39, 0.29) is 5.91 Å². The molecule has 1 amide bonds. The number of carbonyl (C=O) groups is 1. The molecule has 0 unspecified atom stereocenters. The molecular formula is C25H28N2O. The van der Waals surface area contributed by atoms with Crippen LogP contribution in [0.4, 0.5) is 0 Å². The Morgan fingerprint density at radius 3 is 2.43 bits per heavy atom. The van der Waals surface area contributed by atoms with E-state index >= 15 is 0 Å². The number of nitrogens with zero attached hydrogens (tertiary/aromatic N) is 2. The number of pyridine rings is 1. The van der Waals surface area contributed by atoms with Crippen LogP contribution in [0.3, 0.4) is 0 Å². The van der Waals surface area contributed by atoms with Gasteiger partial charge in [-0.25, -0.2) is 4.98 Å². The summed E-state index contributed by atoms with van der Waals surface area (Å²) >= 11 is 0. The number of benzene rings is 2. The third-order valence-electron chi connectivity index (χ3n) is 5.76. The molecule has 3 heteroatoms. The van der Waals surface area contributed by atoms with Crippen LogP contribution in [0.5, 0.6) is 0 Å². The SMILES string of the molecule is Cc1ccc(-c2cc(C(=O)N3C[C@H](C)C[C@@H](C)C3)c3ccccc3n2)c(C)c1. The molecule has 1 aromatic heterocycles. The number of fused-ring (bicyclic) bond motifs is 1. The minimum atomic E-state index is 0.128. The number of likely N-dealkylation sites (tertiary alicyclic amines) is 1. The predicted molar refractivity (Wildman–Crippen MR) is 116 cm³/mol. The lowest BCUT2D eigenvalue weighted by Gasteiger charge is -2.35. The first-order valence-corrected chi connectivity index (χ1v) is 10.2. The Morgan fingerprint density at radius 2 is 1.71 bits per heavy atom. The smallest absolute Gasteiger partial charge is 0.254 e. The number of aryl methyl sites for hydroxylation is 2. The molecule has 2 atom stereocenters. The van der Waals surface area contributed by atoms with Gasteiger partial charge in [0.25, 0.3) is 5.91 Å². The van der Waals surface area contributed by atoms with E-state index in [9.17, 15) is 4.79 Å². The van der Waals surface area contributed by atoms with Crippen LogP contribution in [0.15, 0.2) is 48.5 Å². The second-order valence-corrected chi connectivity index (χ2v) is 8.55. The molecule has 4 rings (SSSR count). The zero-order chi connectivity index (χ0) is 19.8. The van der Waals surface area contributed by atoms with Crippen molar-refractivity contribution in [3.05, 3.63) is 65.2 Å². The summed E-state index contributed by atoms with van der Waals surface area (Å²) in [6, 6.07) is 16.4. The summed E-state index contributed by atoms with van der Waals surface area (Å²) in [6.07, 6.45) is 1.19. The fourth-order valence-electron chi connectivity index (χ4n) is 4.59. The highest BCUT2D eigenvalue weighted by Gasteiger charge is 2.27. The summed E-state index contributed by atoms with van der Waals surface area (Å²) < 4.78 is 0. The lowest BCUT2D eigenvalue weighted by Crippen LogP contribution is -2.42. The van der Waals surface area contributed by atoms with Crippen molar-refractivity contribution < 1.29 is 4.79 Å². The van der Waals surface area contributed by atoms with Gasteiger partial charge in [-0.05, 0) is 49.8 Å². The molecule has 2 aromatic carbocycles. The van der Waals surface area contributed by atoms with Crippen molar-refractivity contribution in [1.82, 2.24) is 9.88 Å². The van der Waals surface area contributed by atoms with Gasteiger partial charge in [0.15, 0.2) is 0 Å². The van der Waals surface area contributed by atoms with Gasteiger partial charge in [-0.3, -0.25) is 4.79 Å². The lowest BCUT2D eigenvalue weighted by atomic mass is 9.91. The summed E-state index contributed by atoms with van der Waals surface area (Å²) in [7, 11) is 0. The minimum Gasteiger partial charge on any atom is -0.338 e. The normalized spacial score (nSPS) is 19.8. The Labute approximate surface area is 167 Å². The van der Waals surface area contributed by atoms with Gasteiger partial charge in [0.05, 0.1) is 16.8 Å². The highest BCUT2D eigenvalue weighted by Crippen LogP contribution is 2.30. The van der Waals surface area contributed by atoms with E-state index in [1.54, 1.807) is 0 Å². The highest BCUT2D eigenvalue weighted by molar-refractivity contribution is 6.07. The van der Waals surface area contributed by atoms with Gasteiger partial charge in [0.2, 0.25) is 0 Å². The van der Waals surface area contributed by atoms with Crippen molar-refractivity contribution >= 4 is 16.8 Å². The van der Waals surface area contributed by atoms with Crippen molar-refractivity contribution in [2.75, 3.05) is 13.1 Å². The Kier molecular flexibility index (Phi) is 4.92. The maximum Gasteiger partial charge on any atom is 0.254 e. The number of amides is 1. The summed E-state index contributed by atoms with van der Waals surface area (Å²) in [5.41, 5.74) is 6.02. The Hall–Kier alpha value is -2.68. The van der Waals surface area contributed by atoms with Crippen molar-refractivity contribution in [3.63, 3.8) is 0 Å². The number of piperidine rings is 1. The molecule has 0 aliphatic carbocycles. The number of para-hydroxylation sites is 1. The van der Waals surface area contributed by atoms with Crippen LogP contribution < -0.4 is 0 Å². The third kappa shape index (κ3) is 3.54. The van der Waals surface area contributed by atoms with E-state index in [2.05, 4.69) is 45.9 Å². The van der Waals surface area contributed by atoms with Crippen LogP contribution >= 0.6 is 0 Å². The van der Waals surface area contributed by atoms with E-state index in [1.165, 1.54) is 17.5 Å². The molecule has 144 valence electrons. The molecular weight excluding hydrogens is 344 g/mol. The fourth-order valence-corrected chi connectivity index (χ4v) is 4.59. The average molecular weight is 373 g/mol. The largest absolute Gasteiger partial charge is 0.338 e. The van der Waals surface area contributed by atoms with Crippen LogP contribution in [0.1, 0.15) is 41.8 Å². The lowest BCUT2D eigenvalue weighted by molar-refractivity contribution is 0.0625. The third-order valence-corrected chi connectivity index (χ3v) is 5.76. The molecule has 0 radical (unpaired) electrons. The molecule has 0 spiro atoms. The van der Waals surface area contributed by atoms with Crippen LogP contribution in [-0.4, -0.2) is 28.9 Å². The van der Waals surface area contributed by atoms with Gasteiger partial charge in [-0.1, -0.05) is 55.8 Å². The molecule has 3 nitrogen and oxygen atoms in total. The molecule has 0 N–H and O–H groups in total. The van der Waals surface area contributed by atoms with Gasteiger partial charge >= 0.3 is 0 Å². The maximum absolute atomic E-state index is 13.5. The molecule has 0 saturated carbocycles. The molecule has 0 bridgehead atoms. The van der Waals surface area contributed by atoms with Crippen molar-refractivity contribution in [2.24, 2.45) is 11.8 Å². The zero-order valence-corrected chi connectivity index (χ0v) is 17.2. The number of hydrogen-bond acceptors (Lipinski definition) is 2. The first-order chi connectivity index (χ1) is 13.4. The first-order valence-electron chi connectivity index (χ1n) is 10.2. The zero-order valence-electron chi connectivity index (χ0n) is 17.2. The van der Waals surface area contributed by atoms with Crippen LogP contribution in [-0.2, 0) is 0 Å². The summed E-state index contributed by atoms with van der Waals surface area (Å²) in [4.78, 5) is 20.4. The average Bonchev–Trinajstić information content (AvgIpc) is 2.66. The molecule has 3 aromatic rings. The van der Waals surface area contributed by atoms with E-state index in [1.807, 2.05) is 35.2 Å². The predicted octanol–water partition coefficient (Wildman–Crippen LogP) is 5.64. The summed E-state index contributed by atoms with van der Waals surface area (Å²) in [5, 5.41) is 0.937. The number of aromatic nitrogens is 1. The Bertz CT molecular complexity index is 1030. The van der Waals surface area contributed by atoms with Gasteiger partial charge < -0.3 is 4.90 Å². The topological polar surface area (TPSA) is 33.2 Å². The molecule has 28 heavy (non-hydrogen) atoms. The quantitative estimate of drug-likeness (QED) is 0.583. The van der Waals surface area contributed by atoms with Crippen LogP contribution in [0, 0.1) is 25.7 Å². The van der Waals surface area contributed by atoms with Crippen molar-refractivity contribution in [3.8, 4) is 11.3 Å². The number of carbonyl (C=O) groups excluding carboxylic acids is 1. The van der Waals surface area contributed by atoms with E-state index < -0.39 is 0 Å². The second kappa shape index (κ2) is 7.38. The number of rotatable bonds is 2. The molecule has 1 aliphatic rings. The van der Waals surface area contributed by atoms with Crippen LogP contribution in [0.2, 0.25) is 0 Å². The van der Waals surface area contributed by atoms with E-state index in [0.717, 1.165) is 40.8 Å². The van der Waals surface area contributed by atoms with Gasteiger partial charge in [-0.2, -0.15) is 0 Å². The molecule has 2 heterocycles. The highest BCUT2D eigenvalue weighted by atomic mass is 16.2. The number of hydrogen-bond donors (Lipinski definition) is 0. The standard InChI is InChI=1S/C25H28N2O/c1-16-9-10-20(19(4)12-16)24-13-22(21-7-5-6-8-23(21)26-24)25(28)27-14-17(2)11-18(3)15-27/h5-10,12-13,17-18H,11,14-15H2,1-4H3/t17-,18-/m1/s1. The van der Waals surface area contributed by atoms with Crippen molar-refractivity contribution in [2.45, 2.75) is 34.1 Å². The van der Waals surface area contributed by atoms with Gasteiger partial charge in [-0.15, -0.1) is 0 Å². The van der Waals surface area contributed by atoms with Crippen molar-refractivity contribution in [1.29, 1.82) is 0 Å². The fraction of sp³-hybridized carbons (Fsp3) is 0.360. The van der Waals surface area contributed by atoms with Gasteiger partial charge in [0.1, 0.15) is 0 Å². The van der Waals surface area contributed by atoms with E-state index in [0.29, 0.717) is 11.8 Å². The monoisotopic (exact) mass is 372 g/mol. The Balaban J connectivity index is 1.84. The van der Waals surface area contributed by atoms with Crippen LogP contribution in [0.25, 0.3) is 22.2 Å². The van der Waals surface area contributed by atoms with Gasteiger partial charge in [0, 0.05) is 24.0 Å². The molecule has 1 saturated heterocycles.